The van der Waals surface area contributed by atoms with Crippen LogP contribution in [0.4, 0.5) is 0 Å². The zero-order valence-corrected chi connectivity index (χ0v) is 8.38. The molecule has 0 aromatic heterocycles. The van der Waals surface area contributed by atoms with Crippen molar-refractivity contribution in [1.29, 1.82) is 0 Å². The Balaban J connectivity index is 3.17. The molecule has 0 atom stereocenters. The molecule has 0 bridgehead atoms. The van der Waals surface area contributed by atoms with Crippen molar-refractivity contribution in [2.45, 2.75) is 0 Å². The highest BCUT2D eigenvalue weighted by Gasteiger charge is 2.09. The summed E-state index contributed by atoms with van der Waals surface area (Å²) in [5.41, 5.74) is 5.83. The fraction of sp³-hybridized carbons (Fsp3) is 0.0909. The third kappa shape index (κ3) is 2.93. The molecule has 0 saturated heterocycles. The molecular weight excluding hydrogens is 210 g/mol. The molecule has 0 saturated carbocycles. The summed E-state index contributed by atoms with van der Waals surface area (Å²) in [5.74, 6) is -1.54. The summed E-state index contributed by atoms with van der Waals surface area (Å²) in [6.45, 7) is -0.197. The Morgan fingerprint density at radius 2 is 2.06 bits per heavy atom. The molecule has 0 unspecified atom stereocenters. The Morgan fingerprint density at radius 3 is 2.62 bits per heavy atom. The smallest absolute Gasteiger partial charge is 0.328 e. The monoisotopic (exact) mass is 221 g/mol. The first-order chi connectivity index (χ1) is 7.54. The second-order valence-electron chi connectivity index (χ2n) is 3.07. The van der Waals surface area contributed by atoms with E-state index in [1.165, 1.54) is 24.3 Å². The summed E-state index contributed by atoms with van der Waals surface area (Å²) in [6, 6.07) is 4.09. The van der Waals surface area contributed by atoms with Gasteiger partial charge in [0, 0.05) is 11.6 Å². The maximum atomic E-state index is 11.4. The highest BCUT2D eigenvalue weighted by molar-refractivity contribution is 6.01. The van der Waals surface area contributed by atoms with Crippen LogP contribution in [0.3, 0.4) is 0 Å². The molecule has 5 heteroatoms. The SMILES string of the molecule is NCC(=O)c1cc(O)ccc1C=CC(=O)O. The van der Waals surface area contributed by atoms with Crippen molar-refractivity contribution in [1.82, 2.24) is 0 Å². The van der Waals surface area contributed by atoms with Crippen LogP contribution in [0.15, 0.2) is 24.3 Å². The van der Waals surface area contributed by atoms with E-state index in [4.69, 9.17) is 10.8 Å². The molecule has 1 aromatic rings. The number of carboxylic acid groups (broad SMARTS) is 1. The number of ketones is 1. The molecule has 0 aliphatic heterocycles. The van der Waals surface area contributed by atoms with Crippen LogP contribution >= 0.6 is 0 Å². The second-order valence-corrected chi connectivity index (χ2v) is 3.07. The lowest BCUT2D eigenvalue weighted by Gasteiger charge is -2.04. The van der Waals surface area contributed by atoms with Gasteiger partial charge < -0.3 is 15.9 Å². The van der Waals surface area contributed by atoms with E-state index in [9.17, 15) is 14.7 Å². The normalized spacial score (nSPS) is 10.6. The Morgan fingerprint density at radius 1 is 1.38 bits per heavy atom. The number of carboxylic acids is 1. The summed E-state index contributed by atoms with van der Waals surface area (Å²) in [5, 5.41) is 17.7. The minimum Gasteiger partial charge on any atom is -0.508 e. The van der Waals surface area contributed by atoms with Crippen LogP contribution in [0.1, 0.15) is 15.9 Å². The maximum absolute atomic E-state index is 11.4. The van der Waals surface area contributed by atoms with Gasteiger partial charge in [0.25, 0.3) is 0 Å². The first kappa shape index (κ1) is 11.9. The quantitative estimate of drug-likeness (QED) is 0.511. The van der Waals surface area contributed by atoms with E-state index in [-0.39, 0.29) is 23.6 Å². The molecule has 4 N–H and O–H groups in total. The van der Waals surface area contributed by atoms with E-state index in [0.29, 0.717) is 5.56 Å². The van der Waals surface area contributed by atoms with Crippen molar-refractivity contribution in [3.05, 3.63) is 35.4 Å². The molecule has 0 amide bonds. The third-order valence-electron chi connectivity index (χ3n) is 1.93. The van der Waals surface area contributed by atoms with Crippen molar-refractivity contribution in [2.24, 2.45) is 5.73 Å². The van der Waals surface area contributed by atoms with Gasteiger partial charge in [-0.25, -0.2) is 4.79 Å². The van der Waals surface area contributed by atoms with Gasteiger partial charge in [-0.15, -0.1) is 0 Å². The predicted octanol–water partition coefficient (Wildman–Crippen LogP) is 0.631. The van der Waals surface area contributed by atoms with Crippen molar-refractivity contribution >= 4 is 17.8 Å². The van der Waals surface area contributed by atoms with Gasteiger partial charge in [0.2, 0.25) is 0 Å². The number of phenols is 1. The summed E-state index contributed by atoms with van der Waals surface area (Å²) >= 11 is 0. The first-order valence-corrected chi connectivity index (χ1v) is 4.52. The van der Waals surface area contributed by atoms with E-state index in [0.717, 1.165) is 6.08 Å². The standard InChI is InChI=1S/C11H11NO4/c12-6-10(14)9-5-8(13)3-1-7(9)2-4-11(15)16/h1-5,13H,6,12H2,(H,15,16). The molecule has 0 radical (unpaired) electrons. The summed E-state index contributed by atoms with van der Waals surface area (Å²) in [4.78, 5) is 21.8. The molecule has 0 fully saturated rings. The Bertz CT molecular complexity index is 451. The number of aliphatic carboxylic acids is 1. The highest BCUT2D eigenvalue weighted by atomic mass is 16.4. The lowest BCUT2D eigenvalue weighted by molar-refractivity contribution is -0.131. The fourth-order valence-corrected chi connectivity index (χ4v) is 1.20. The minimum atomic E-state index is -1.11. The molecule has 0 heterocycles. The summed E-state index contributed by atoms with van der Waals surface area (Å²) in [7, 11) is 0. The van der Waals surface area contributed by atoms with Crippen molar-refractivity contribution < 1.29 is 19.8 Å². The largest absolute Gasteiger partial charge is 0.508 e. The maximum Gasteiger partial charge on any atom is 0.328 e. The van der Waals surface area contributed by atoms with Gasteiger partial charge in [0.1, 0.15) is 5.75 Å². The number of Topliss-reactive ketones (excluding diaryl/α,β-unsaturated/α-hetero) is 1. The van der Waals surface area contributed by atoms with Gasteiger partial charge in [0.15, 0.2) is 5.78 Å². The number of benzene rings is 1. The van der Waals surface area contributed by atoms with Gasteiger partial charge >= 0.3 is 5.97 Å². The molecule has 1 rings (SSSR count). The van der Waals surface area contributed by atoms with Gasteiger partial charge in [-0.2, -0.15) is 0 Å². The minimum absolute atomic E-state index is 0.0655. The second kappa shape index (κ2) is 5.09. The lowest BCUT2D eigenvalue weighted by Crippen LogP contribution is -2.14. The molecule has 0 spiro atoms. The number of aromatic hydroxyl groups is 1. The van der Waals surface area contributed by atoms with E-state index in [1.807, 2.05) is 0 Å². The molecule has 1 aromatic carbocycles. The summed E-state index contributed by atoms with van der Waals surface area (Å²) < 4.78 is 0. The van der Waals surface area contributed by atoms with E-state index in [1.54, 1.807) is 0 Å². The van der Waals surface area contributed by atoms with Crippen LogP contribution < -0.4 is 5.73 Å². The molecule has 5 nitrogen and oxygen atoms in total. The number of nitrogens with two attached hydrogens (primary N) is 1. The average Bonchev–Trinajstić information content (AvgIpc) is 2.26. The molecule has 0 aliphatic rings. The van der Waals surface area contributed by atoms with Crippen molar-refractivity contribution in [2.75, 3.05) is 6.54 Å². The fourth-order valence-electron chi connectivity index (χ4n) is 1.20. The Hall–Kier alpha value is -2.14. The topological polar surface area (TPSA) is 101 Å². The molecule has 0 aliphatic carbocycles. The van der Waals surface area contributed by atoms with Crippen molar-refractivity contribution in [3.8, 4) is 5.75 Å². The van der Waals surface area contributed by atoms with Crippen LogP contribution in [-0.4, -0.2) is 28.5 Å². The molecular formula is C11H11NO4. The number of carbonyl (C=O) groups is 2. The Kier molecular flexibility index (Phi) is 3.79. The van der Waals surface area contributed by atoms with Gasteiger partial charge in [0.05, 0.1) is 6.54 Å². The zero-order valence-electron chi connectivity index (χ0n) is 8.38. The van der Waals surface area contributed by atoms with Crippen LogP contribution in [0.25, 0.3) is 6.08 Å². The average molecular weight is 221 g/mol. The van der Waals surface area contributed by atoms with Crippen LogP contribution in [0.2, 0.25) is 0 Å². The number of rotatable bonds is 4. The molecule has 16 heavy (non-hydrogen) atoms. The van der Waals surface area contributed by atoms with E-state index in [2.05, 4.69) is 0 Å². The van der Waals surface area contributed by atoms with Crippen LogP contribution in [0, 0.1) is 0 Å². The highest BCUT2D eigenvalue weighted by Crippen LogP contribution is 2.18. The van der Waals surface area contributed by atoms with E-state index < -0.39 is 5.97 Å². The number of hydrogen-bond acceptors (Lipinski definition) is 4. The summed E-state index contributed by atoms with van der Waals surface area (Å²) in [6.07, 6.45) is 2.20. The number of hydrogen-bond donors (Lipinski definition) is 3. The van der Waals surface area contributed by atoms with E-state index >= 15 is 0 Å². The first-order valence-electron chi connectivity index (χ1n) is 4.52. The van der Waals surface area contributed by atoms with Gasteiger partial charge in [-0.05, 0) is 23.8 Å². The number of carbonyl (C=O) groups excluding carboxylic acids is 1. The van der Waals surface area contributed by atoms with Gasteiger partial charge in [-0.1, -0.05) is 6.07 Å². The van der Waals surface area contributed by atoms with Crippen LogP contribution in [0.5, 0.6) is 5.75 Å². The third-order valence-corrected chi connectivity index (χ3v) is 1.93. The lowest BCUT2D eigenvalue weighted by atomic mass is 10.0. The van der Waals surface area contributed by atoms with Crippen molar-refractivity contribution in [3.63, 3.8) is 0 Å². The van der Waals surface area contributed by atoms with Crippen LogP contribution in [-0.2, 0) is 4.79 Å². The number of phenolic OH excluding ortho intramolecular Hbond substituents is 1. The Labute approximate surface area is 91.8 Å². The van der Waals surface area contributed by atoms with Gasteiger partial charge in [-0.3, -0.25) is 4.79 Å². The zero-order chi connectivity index (χ0) is 12.1. The predicted molar refractivity (Wildman–Crippen MR) is 58.2 cm³/mol. The molecule has 84 valence electrons.